The molecule has 2 heterocycles. The van der Waals surface area contributed by atoms with Gasteiger partial charge < -0.3 is 31.5 Å². The number of hydrogen-bond acceptors (Lipinski definition) is 8. The highest BCUT2D eigenvalue weighted by molar-refractivity contribution is 6.24. The van der Waals surface area contributed by atoms with Gasteiger partial charge in [0.05, 0.1) is 23.8 Å². The zero-order valence-electron chi connectivity index (χ0n) is 30.6. The van der Waals surface area contributed by atoms with Crippen LogP contribution in [0.2, 0.25) is 0 Å². The van der Waals surface area contributed by atoms with Crippen molar-refractivity contribution in [3.63, 3.8) is 0 Å². The van der Waals surface area contributed by atoms with Crippen molar-refractivity contribution in [1.82, 2.24) is 15.5 Å². The predicted molar refractivity (Wildman–Crippen MR) is 204 cm³/mol. The summed E-state index contributed by atoms with van der Waals surface area (Å²) in [5, 5.41) is 15.4. The Kier molecular flexibility index (Phi) is 12.0. The Labute approximate surface area is 325 Å². The number of halogens is 3. The minimum absolute atomic E-state index is 0.00819. The van der Waals surface area contributed by atoms with E-state index < -0.39 is 42.1 Å². The van der Waals surface area contributed by atoms with Crippen molar-refractivity contribution in [1.29, 1.82) is 0 Å². The zero-order chi connectivity index (χ0) is 40.9. The molecule has 0 saturated carbocycles. The molecule has 7 rings (SSSR count). The van der Waals surface area contributed by atoms with Crippen LogP contribution in [0.5, 0.6) is 0 Å². The van der Waals surface area contributed by atoms with Gasteiger partial charge in [0.15, 0.2) is 0 Å². The number of hydrogen-bond donors (Lipinski definition) is 5. The van der Waals surface area contributed by atoms with E-state index in [9.17, 15) is 32.3 Å². The SMILES string of the molecule is C[C@@H](NC(=O)[C@@H](N)CCCCNC(=O)OCC1c2ccccc2-c2ccccc21)C(=O)Nc1ccc2c(c1)CN1C(=O)c3ccccc3C1=N2.O=C(O)C(F)(F)F. The Balaban J connectivity index is 0.000000719. The van der Waals surface area contributed by atoms with Crippen molar-refractivity contribution in [3.05, 3.63) is 119 Å². The number of rotatable bonds is 11. The molecule has 4 aromatic carbocycles. The maximum Gasteiger partial charge on any atom is 0.490 e. The summed E-state index contributed by atoms with van der Waals surface area (Å²) in [4.78, 5) is 66.2. The molecule has 0 spiro atoms. The van der Waals surface area contributed by atoms with Crippen LogP contribution in [0, 0.1) is 0 Å². The van der Waals surface area contributed by atoms with E-state index in [1.54, 1.807) is 30.0 Å². The lowest BCUT2D eigenvalue weighted by atomic mass is 9.98. The zero-order valence-corrected chi connectivity index (χ0v) is 30.6. The molecule has 2 aliphatic heterocycles. The molecule has 57 heavy (non-hydrogen) atoms. The Morgan fingerprint density at radius 1 is 0.895 bits per heavy atom. The lowest BCUT2D eigenvalue weighted by Gasteiger charge is -2.24. The van der Waals surface area contributed by atoms with Gasteiger partial charge in [-0.05, 0) is 78.3 Å². The summed E-state index contributed by atoms with van der Waals surface area (Å²) in [6, 6.07) is 27.5. The van der Waals surface area contributed by atoms with E-state index in [2.05, 4.69) is 40.2 Å². The highest BCUT2D eigenvalue weighted by atomic mass is 19.4. The molecule has 0 aromatic heterocycles. The van der Waals surface area contributed by atoms with Gasteiger partial charge in [0.1, 0.15) is 18.5 Å². The van der Waals surface area contributed by atoms with Crippen molar-refractivity contribution < 1.29 is 47.0 Å². The largest absolute Gasteiger partial charge is 0.490 e. The van der Waals surface area contributed by atoms with Gasteiger partial charge in [0.25, 0.3) is 5.91 Å². The van der Waals surface area contributed by atoms with E-state index in [4.69, 9.17) is 25.4 Å². The van der Waals surface area contributed by atoms with Crippen LogP contribution in [-0.2, 0) is 25.7 Å². The number of ether oxygens (including phenoxy) is 1. The van der Waals surface area contributed by atoms with Crippen LogP contribution in [0.4, 0.5) is 29.3 Å². The van der Waals surface area contributed by atoms with Gasteiger partial charge in [-0.3, -0.25) is 19.3 Å². The number of carboxylic acid groups (broad SMARTS) is 1. The van der Waals surface area contributed by atoms with Crippen molar-refractivity contribution in [2.45, 2.75) is 56.9 Å². The minimum Gasteiger partial charge on any atom is -0.475 e. The predicted octanol–water partition coefficient (Wildman–Crippen LogP) is 5.85. The number of amidine groups is 1. The summed E-state index contributed by atoms with van der Waals surface area (Å²) in [5.74, 6) is -3.06. The number of aliphatic imine (C=N–C) groups is 1. The lowest BCUT2D eigenvalue weighted by molar-refractivity contribution is -0.192. The first-order valence-electron chi connectivity index (χ1n) is 18.1. The Hall–Kier alpha value is -6.55. The number of carbonyl (C=O) groups is 5. The lowest BCUT2D eigenvalue weighted by Crippen LogP contribution is -2.48. The maximum atomic E-state index is 12.9. The molecule has 13 nitrogen and oxygen atoms in total. The molecule has 0 unspecified atom stereocenters. The standard InChI is InChI=1S/C39H38N6O5.C2HF3O2/c1-23(36(46)43-25-17-18-34-24(20-25)21-45-35(44-34)30-14-6-7-15-31(30)38(45)48)42-37(47)33(40)16-8-9-19-41-39(49)50-22-32-28-12-4-2-10-26(28)27-11-3-5-13-29(27)32;3-2(4,5)1(6)7/h2-7,10-15,17-18,20,23,32-33H,8-9,16,19,21-22,40H2,1H3,(H,41,49)(H,42,47)(H,43,46);(H,6,7)/t23-,33+;/m1./s1. The molecule has 3 aliphatic rings. The second-order valence-electron chi connectivity index (χ2n) is 13.6. The molecule has 16 heteroatoms. The molecule has 4 aromatic rings. The number of nitrogens with two attached hydrogens (primary N) is 1. The topological polar surface area (TPSA) is 193 Å². The molecular weight excluding hydrogens is 745 g/mol. The molecule has 2 atom stereocenters. The number of alkyl carbamates (subject to hydrolysis) is 1. The average Bonchev–Trinajstić information content (AvgIpc) is 3.66. The van der Waals surface area contributed by atoms with Gasteiger partial charge in [0, 0.05) is 23.7 Å². The summed E-state index contributed by atoms with van der Waals surface area (Å²) >= 11 is 0. The molecular formula is C41H39F3N6O7. The molecule has 0 radical (unpaired) electrons. The van der Waals surface area contributed by atoms with Crippen LogP contribution in [-0.4, -0.2) is 77.0 Å². The van der Waals surface area contributed by atoms with Gasteiger partial charge >= 0.3 is 18.2 Å². The normalized spacial score (nSPS) is 14.6. The van der Waals surface area contributed by atoms with Crippen LogP contribution in [0.1, 0.15) is 64.7 Å². The number of anilines is 1. The highest BCUT2D eigenvalue weighted by Crippen LogP contribution is 2.44. The summed E-state index contributed by atoms with van der Waals surface area (Å²) < 4.78 is 37.3. The van der Waals surface area contributed by atoms with Crippen LogP contribution in [0.15, 0.2) is 96.0 Å². The quantitative estimate of drug-likeness (QED) is 0.117. The molecule has 4 amide bonds. The van der Waals surface area contributed by atoms with E-state index >= 15 is 0 Å². The Bertz CT molecular complexity index is 2200. The maximum absolute atomic E-state index is 12.9. The Morgan fingerprint density at radius 2 is 1.49 bits per heavy atom. The average molecular weight is 785 g/mol. The number of nitrogens with zero attached hydrogens (tertiary/aromatic N) is 2. The summed E-state index contributed by atoms with van der Waals surface area (Å²) in [7, 11) is 0. The molecule has 296 valence electrons. The van der Waals surface area contributed by atoms with Crippen LogP contribution < -0.4 is 21.7 Å². The number of fused-ring (bicyclic) bond motifs is 7. The Morgan fingerprint density at radius 3 is 2.12 bits per heavy atom. The number of alkyl halides is 3. The first-order chi connectivity index (χ1) is 27.2. The third-order valence-corrected chi connectivity index (χ3v) is 9.69. The molecule has 6 N–H and O–H groups in total. The number of nitrogens with one attached hydrogen (secondary N) is 3. The van der Waals surface area contributed by atoms with Crippen molar-refractivity contribution >= 4 is 47.0 Å². The first kappa shape index (κ1) is 40.1. The van der Waals surface area contributed by atoms with Crippen molar-refractivity contribution in [2.75, 3.05) is 18.5 Å². The first-order valence-corrected chi connectivity index (χ1v) is 18.1. The fourth-order valence-electron chi connectivity index (χ4n) is 6.80. The summed E-state index contributed by atoms with van der Waals surface area (Å²) in [5.41, 5.74) is 14.3. The van der Waals surface area contributed by atoms with E-state index in [0.29, 0.717) is 49.4 Å². The van der Waals surface area contributed by atoms with E-state index in [-0.39, 0.29) is 18.4 Å². The van der Waals surface area contributed by atoms with Gasteiger partial charge in [-0.2, -0.15) is 13.2 Å². The van der Waals surface area contributed by atoms with E-state index in [1.165, 1.54) is 11.1 Å². The molecule has 0 saturated heterocycles. The van der Waals surface area contributed by atoms with Gasteiger partial charge in [0.2, 0.25) is 11.8 Å². The monoisotopic (exact) mass is 784 g/mol. The highest BCUT2D eigenvalue weighted by Gasteiger charge is 2.38. The van der Waals surface area contributed by atoms with E-state index in [1.807, 2.05) is 48.5 Å². The fraction of sp³-hybridized carbons (Fsp3) is 0.268. The van der Waals surface area contributed by atoms with Crippen molar-refractivity contribution in [2.24, 2.45) is 10.7 Å². The molecule has 1 aliphatic carbocycles. The molecule has 0 bridgehead atoms. The minimum atomic E-state index is -5.08. The van der Waals surface area contributed by atoms with Gasteiger partial charge in [-0.25, -0.2) is 14.6 Å². The summed E-state index contributed by atoms with van der Waals surface area (Å²) in [6.07, 6.45) is -3.97. The van der Waals surface area contributed by atoms with Crippen LogP contribution in [0.25, 0.3) is 11.1 Å². The number of unbranched alkanes of at least 4 members (excludes halogenated alkanes) is 1. The second kappa shape index (κ2) is 17.1. The number of amides is 4. The fourth-order valence-corrected chi connectivity index (χ4v) is 6.80. The smallest absolute Gasteiger partial charge is 0.475 e. The number of aliphatic carboxylic acids is 1. The van der Waals surface area contributed by atoms with E-state index in [0.717, 1.165) is 27.9 Å². The molecule has 0 fully saturated rings. The third kappa shape index (κ3) is 9.13. The summed E-state index contributed by atoms with van der Waals surface area (Å²) in [6.45, 7) is 2.56. The van der Waals surface area contributed by atoms with Crippen LogP contribution >= 0.6 is 0 Å². The van der Waals surface area contributed by atoms with Gasteiger partial charge in [-0.1, -0.05) is 66.7 Å². The number of benzene rings is 4. The number of carbonyl (C=O) groups excluding carboxylic acids is 4. The van der Waals surface area contributed by atoms with Crippen molar-refractivity contribution in [3.8, 4) is 11.1 Å². The number of carboxylic acids is 1. The van der Waals surface area contributed by atoms with Gasteiger partial charge in [-0.15, -0.1) is 0 Å². The second-order valence-corrected chi connectivity index (χ2v) is 13.6. The van der Waals surface area contributed by atoms with Crippen LogP contribution in [0.3, 0.4) is 0 Å². The third-order valence-electron chi connectivity index (χ3n) is 9.69.